The number of thiocarbonyl (C=S) groups is 1. The Morgan fingerprint density at radius 3 is 2.67 bits per heavy atom. The summed E-state index contributed by atoms with van der Waals surface area (Å²) in [5.41, 5.74) is 7.83. The van der Waals surface area contributed by atoms with Gasteiger partial charge in [0.1, 0.15) is 4.99 Å². The topological polar surface area (TPSA) is 90.0 Å². The molecular weight excluding hydrogens is 308 g/mol. The molecule has 0 fully saturated rings. The predicted octanol–water partition coefficient (Wildman–Crippen LogP) is 1.30. The van der Waals surface area contributed by atoms with Gasteiger partial charge in [-0.1, -0.05) is 36.5 Å². The van der Waals surface area contributed by atoms with Crippen LogP contribution < -0.4 is 10.5 Å². The van der Waals surface area contributed by atoms with Crippen molar-refractivity contribution in [2.24, 2.45) is 12.8 Å². The van der Waals surface area contributed by atoms with Crippen LogP contribution in [0.3, 0.4) is 0 Å². The highest BCUT2D eigenvalue weighted by atomic mass is 32.2. The molecule has 0 saturated carbocycles. The molecule has 0 atom stereocenters. The minimum atomic E-state index is -3.57. The fourth-order valence-corrected chi connectivity index (χ4v) is 3.46. The molecule has 0 aliphatic carbocycles. The number of aryl methyl sites for hydroxylation is 2. The molecule has 3 N–H and O–H groups in total. The molecule has 0 bridgehead atoms. The molecule has 1 heterocycles. The summed E-state index contributed by atoms with van der Waals surface area (Å²) in [4.78, 5) is 0.179. The molecule has 0 saturated heterocycles. The number of nitrogens with zero attached hydrogens (tertiary/aromatic N) is 2. The maximum atomic E-state index is 12.3. The van der Waals surface area contributed by atoms with Crippen LogP contribution in [0.2, 0.25) is 0 Å². The number of aromatic nitrogens is 2. The van der Waals surface area contributed by atoms with E-state index >= 15 is 0 Å². The number of rotatable bonds is 5. The van der Waals surface area contributed by atoms with Gasteiger partial charge in [0.15, 0.2) is 0 Å². The second-order valence-corrected chi connectivity index (χ2v) is 6.85. The Bertz CT molecular complexity index is 781. The zero-order chi connectivity index (χ0) is 15.6. The first-order valence-corrected chi connectivity index (χ1v) is 8.23. The third kappa shape index (κ3) is 3.79. The zero-order valence-electron chi connectivity index (χ0n) is 11.7. The van der Waals surface area contributed by atoms with Crippen LogP contribution in [0.25, 0.3) is 0 Å². The van der Waals surface area contributed by atoms with E-state index in [4.69, 9.17) is 18.0 Å². The van der Waals surface area contributed by atoms with Gasteiger partial charge in [0.05, 0.1) is 17.1 Å². The number of nitrogens with one attached hydrogen (secondary N) is 1. The Kier molecular flexibility index (Phi) is 4.29. The van der Waals surface area contributed by atoms with Crippen molar-refractivity contribution in [3.8, 4) is 0 Å². The third-order valence-corrected chi connectivity index (χ3v) is 4.35. The summed E-state index contributed by atoms with van der Waals surface area (Å²) in [6.07, 6.45) is 1.62. The molecule has 0 aliphatic rings. The summed E-state index contributed by atoms with van der Waals surface area (Å²) in [5.74, 6) is -0.200. The lowest BCUT2D eigenvalue weighted by Crippen LogP contribution is -2.19. The van der Waals surface area contributed by atoms with Gasteiger partial charge in [0.2, 0.25) is 10.0 Å². The van der Waals surface area contributed by atoms with E-state index in [9.17, 15) is 8.42 Å². The zero-order valence-corrected chi connectivity index (χ0v) is 13.3. The van der Waals surface area contributed by atoms with E-state index in [2.05, 4.69) is 9.82 Å². The highest BCUT2D eigenvalue weighted by Gasteiger charge is 2.17. The van der Waals surface area contributed by atoms with Gasteiger partial charge in [-0.25, -0.2) is 8.42 Å². The number of hydrogen-bond acceptors (Lipinski definition) is 4. The molecule has 112 valence electrons. The van der Waals surface area contributed by atoms with Gasteiger partial charge in [-0.3, -0.25) is 9.40 Å². The van der Waals surface area contributed by atoms with E-state index in [1.54, 1.807) is 49.1 Å². The molecule has 0 spiro atoms. The molecule has 0 aliphatic heterocycles. The molecular formula is C13H16N4O2S2. The van der Waals surface area contributed by atoms with Crippen molar-refractivity contribution in [3.63, 3.8) is 0 Å². The van der Waals surface area contributed by atoms with E-state index in [0.29, 0.717) is 22.5 Å². The molecule has 1 aromatic carbocycles. The van der Waals surface area contributed by atoms with Crippen LogP contribution in [0, 0.1) is 6.92 Å². The van der Waals surface area contributed by atoms with E-state index in [1.807, 2.05) is 0 Å². The van der Waals surface area contributed by atoms with Crippen LogP contribution >= 0.6 is 12.2 Å². The van der Waals surface area contributed by atoms with Crippen LogP contribution in [0.15, 0.2) is 30.5 Å². The highest BCUT2D eigenvalue weighted by molar-refractivity contribution is 7.91. The third-order valence-electron chi connectivity index (χ3n) is 2.91. The van der Waals surface area contributed by atoms with Gasteiger partial charge in [0, 0.05) is 18.8 Å². The summed E-state index contributed by atoms with van der Waals surface area (Å²) < 4.78 is 28.6. The van der Waals surface area contributed by atoms with Crippen LogP contribution in [-0.4, -0.2) is 23.2 Å². The van der Waals surface area contributed by atoms with E-state index < -0.39 is 10.0 Å². The predicted molar refractivity (Wildman–Crippen MR) is 86.5 cm³/mol. The fourth-order valence-electron chi connectivity index (χ4n) is 1.99. The Morgan fingerprint density at radius 1 is 1.43 bits per heavy atom. The van der Waals surface area contributed by atoms with Crippen LogP contribution in [0.1, 0.15) is 16.8 Å². The summed E-state index contributed by atoms with van der Waals surface area (Å²) >= 11 is 4.94. The van der Waals surface area contributed by atoms with Gasteiger partial charge in [-0.2, -0.15) is 5.10 Å². The first kappa shape index (κ1) is 15.5. The molecule has 0 amide bonds. The maximum absolute atomic E-state index is 12.3. The van der Waals surface area contributed by atoms with Gasteiger partial charge in [-0.05, 0) is 12.5 Å². The molecule has 2 rings (SSSR count). The summed E-state index contributed by atoms with van der Waals surface area (Å²) in [6.45, 7) is 1.74. The second kappa shape index (κ2) is 5.82. The van der Waals surface area contributed by atoms with Crippen molar-refractivity contribution < 1.29 is 8.42 Å². The van der Waals surface area contributed by atoms with Crippen LogP contribution in [0.4, 0.5) is 5.69 Å². The number of sulfonamides is 1. The Labute approximate surface area is 129 Å². The number of hydrogen-bond donors (Lipinski definition) is 2. The lowest BCUT2D eigenvalue weighted by molar-refractivity contribution is 0.600. The van der Waals surface area contributed by atoms with Gasteiger partial charge in [0.25, 0.3) is 0 Å². The minimum absolute atomic E-state index is 0.179. The van der Waals surface area contributed by atoms with Gasteiger partial charge in [-0.15, -0.1) is 0 Å². The van der Waals surface area contributed by atoms with E-state index in [-0.39, 0.29) is 10.7 Å². The van der Waals surface area contributed by atoms with Crippen molar-refractivity contribution in [1.29, 1.82) is 0 Å². The Balaban J connectivity index is 2.26. The SMILES string of the molecule is Cc1nn(C)cc1NS(=O)(=O)Cc1ccccc1C(N)=S. The second-order valence-electron chi connectivity index (χ2n) is 4.68. The van der Waals surface area contributed by atoms with Gasteiger partial charge < -0.3 is 5.73 Å². The molecule has 6 nitrogen and oxygen atoms in total. The average molecular weight is 324 g/mol. The normalized spacial score (nSPS) is 11.3. The number of benzene rings is 1. The van der Waals surface area contributed by atoms with Crippen molar-refractivity contribution in [2.45, 2.75) is 12.7 Å². The average Bonchev–Trinajstić information content (AvgIpc) is 2.66. The molecule has 8 heteroatoms. The lowest BCUT2D eigenvalue weighted by atomic mass is 10.1. The molecule has 0 unspecified atom stereocenters. The monoisotopic (exact) mass is 324 g/mol. The standard InChI is InChI=1S/C13H16N4O2S2/c1-9-12(7-17(2)15-9)16-21(18,19)8-10-5-3-4-6-11(10)13(14)20/h3-7,16H,8H2,1-2H3,(H2,14,20). The highest BCUT2D eigenvalue weighted by Crippen LogP contribution is 2.17. The fraction of sp³-hybridized carbons (Fsp3) is 0.231. The number of nitrogens with two attached hydrogens (primary N) is 1. The first-order chi connectivity index (χ1) is 9.78. The number of anilines is 1. The molecule has 0 radical (unpaired) electrons. The van der Waals surface area contributed by atoms with Crippen LogP contribution in [0.5, 0.6) is 0 Å². The van der Waals surface area contributed by atoms with Crippen LogP contribution in [-0.2, 0) is 22.8 Å². The van der Waals surface area contributed by atoms with E-state index in [0.717, 1.165) is 0 Å². The molecule has 2 aromatic rings. The van der Waals surface area contributed by atoms with Crippen molar-refractivity contribution in [3.05, 3.63) is 47.3 Å². The summed E-state index contributed by atoms with van der Waals surface area (Å²) in [5, 5.41) is 4.10. The van der Waals surface area contributed by atoms with Gasteiger partial charge >= 0.3 is 0 Å². The largest absolute Gasteiger partial charge is 0.389 e. The van der Waals surface area contributed by atoms with E-state index in [1.165, 1.54) is 0 Å². The smallest absolute Gasteiger partial charge is 0.237 e. The summed E-state index contributed by atoms with van der Waals surface area (Å²) in [7, 11) is -1.84. The summed E-state index contributed by atoms with van der Waals surface area (Å²) in [6, 6.07) is 6.93. The quantitative estimate of drug-likeness (QED) is 0.809. The lowest BCUT2D eigenvalue weighted by Gasteiger charge is -2.10. The van der Waals surface area contributed by atoms with Crippen molar-refractivity contribution in [1.82, 2.24) is 9.78 Å². The molecule has 1 aromatic heterocycles. The maximum Gasteiger partial charge on any atom is 0.237 e. The van der Waals surface area contributed by atoms with Crippen molar-refractivity contribution in [2.75, 3.05) is 4.72 Å². The minimum Gasteiger partial charge on any atom is -0.389 e. The Morgan fingerprint density at radius 2 is 2.10 bits per heavy atom. The van der Waals surface area contributed by atoms with Crippen molar-refractivity contribution >= 4 is 32.9 Å². The Hall–Kier alpha value is -1.93. The first-order valence-electron chi connectivity index (χ1n) is 6.17. The molecule has 21 heavy (non-hydrogen) atoms.